The molecule has 1 heterocycles. The number of aromatic hydroxyl groups is 1. The normalized spacial score (nSPS) is 11.1. The number of hydrogen-bond donors (Lipinski definition) is 2. The van der Waals surface area contributed by atoms with Gasteiger partial charge in [0.2, 0.25) is 0 Å². The molecule has 2 aromatic rings. The van der Waals surface area contributed by atoms with Gasteiger partial charge in [0.1, 0.15) is 16.9 Å². The molecule has 1 aromatic heterocycles. The summed E-state index contributed by atoms with van der Waals surface area (Å²) < 4.78 is 5.12. The summed E-state index contributed by atoms with van der Waals surface area (Å²) in [5.74, 6) is -0.154. The van der Waals surface area contributed by atoms with Crippen LogP contribution in [-0.2, 0) is 0 Å². The van der Waals surface area contributed by atoms with Gasteiger partial charge in [-0.25, -0.2) is 9.79 Å². The molecule has 0 aliphatic heterocycles. The maximum Gasteiger partial charge on any atom is 0.348 e. The lowest BCUT2D eigenvalue weighted by molar-refractivity contribution is 0.466. The smallest absolute Gasteiger partial charge is 0.348 e. The van der Waals surface area contributed by atoms with Crippen molar-refractivity contribution in [3.8, 4) is 5.75 Å². The third-order valence-electron chi connectivity index (χ3n) is 2.66. The fraction of sp³-hybridized carbons (Fsp3) is 0.214. The van der Waals surface area contributed by atoms with Gasteiger partial charge in [0.05, 0.1) is 5.39 Å². The lowest BCUT2D eigenvalue weighted by atomic mass is 10.1. The number of benzene rings is 1. The van der Waals surface area contributed by atoms with Gasteiger partial charge in [-0.05, 0) is 30.8 Å². The van der Waals surface area contributed by atoms with Crippen LogP contribution in [0.2, 0.25) is 0 Å². The van der Waals surface area contributed by atoms with E-state index in [-0.39, 0.29) is 16.4 Å². The van der Waals surface area contributed by atoms with Crippen molar-refractivity contribution in [3.05, 3.63) is 40.2 Å². The summed E-state index contributed by atoms with van der Waals surface area (Å²) in [6.07, 6.45) is 2.14. The Morgan fingerprint density at radius 1 is 1.50 bits per heavy atom. The fourth-order valence-electron chi connectivity index (χ4n) is 1.66. The van der Waals surface area contributed by atoms with E-state index < -0.39 is 5.63 Å². The highest BCUT2D eigenvalue weighted by Crippen LogP contribution is 2.24. The summed E-state index contributed by atoms with van der Waals surface area (Å²) in [5.41, 5.74) is -0.327. The van der Waals surface area contributed by atoms with Crippen molar-refractivity contribution in [2.24, 2.45) is 4.99 Å². The molecule has 0 radical (unpaired) electrons. The summed E-state index contributed by atoms with van der Waals surface area (Å²) in [6.45, 7) is 2.71. The molecule has 6 heteroatoms. The molecule has 0 saturated carbocycles. The summed E-state index contributed by atoms with van der Waals surface area (Å²) in [5, 5.41) is 13.7. The molecule has 1 aromatic carbocycles. The first-order valence-corrected chi connectivity index (χ1v) is 6.61. The number of para-hydroxylation sites is 1. The van der Waals surface area contributed by atoms with Crippen LogP contribution in [0.25, 0.3) is 11.0 Å². The van der Waals surface area contributed by atoms with Gasteiger partial charge < -0.3 is 14.8 Å². The second-order valence-electron chi connectivity index (χ2n) is 4.14. The van der Waals surface area contributed by atoms with Crippen LogP contribution in [-0.4, -0.2) is 23.0 Å². The third-order valence-corrected chi connectivity index (χ3v) is 2.91. The molecule has 0 aliphatic rings. The predicted molar refractivity (Wildman–Crippen MR) is 82.6 cm³/mol. The maximum atomic E-state index is 11.8. The zero-order valence-corrected chi connectivity index (χ0v) is 11.7. The van der Waals surface area contributed by atoms with E-state index in [1.807, 2.05) is 6.92 Å². The van der Waals surface area contributed by atoms with Gasteiger partial charge in [0, 0.05) is 12.8 Å². The second-order valence-corrected chi connectivity index (χ2v) is 4.52. The highest BCUT2D eigenvalue weighted by atomic mass is 32.1. The Kier molecular flexibility index (Phi) is 4.47. The van der Waals surface area contributed by atoms with Gasteiger partial charge >= 0.3 is 5.63 Å². The molecule has 0 unspecified atom stereocenters. The number of nitrogens with one attached hydrogen (secondary N) is 1. The SMILES string of the molecule is CCCNC(=S)/N=C/c1c(O)c2ccccc2oc1=O. The fourth-order valence-corrected chi connectivity index (χ4v) is 1.82. The summed E-state index contributed by atoms with van der Waals surface area (Å²) in [7, 11) is 0. The third kappa shape index (κ3) is 3.03. The Morgan fingerprint density at radius 2 is 2.25 bits per heavy atom. The Morgan fingerprint density at radius 3 is 3.00 bits per heavy atom. The van der Waals surface area contributed by atoms with E-state index >= 15 is 0 Å². The standard InChI is InChI=1S/C14H14N2O3S/c1-2-7-15-14(20)16-8-10-12(17)9-5-3-4-6-11(9)19-13(10)18/h3-6,8,17H,2,7H2,1H3,(H,15,20)/b16-8+. The van der Waals surface area contributed by atoms with Crippen LogP contribution in [0.4, 0.5) is 0 Å². The number of fused-ring (bicyclic) bond motifs is 1. The van der Waals surface area contributed by atoms with Crippen molar-refractivity contribution in [2.45, 2.75) is 13.3 Å². The van der Waals surface area contributed by atoms with E-state index in [4.69, 9.17) is 16.6 Å². The minimum absolute atomic E-state index is 0.00986. The summed E-state index contributed by atoms with van der Waals surface area (Å²) in [4.78, 5) is 15.7. The van der Waals surface area contributed by atoms with Crippen molar-refractivity contribution < 1.29 is 9.52 Å². The van der Waals surface area contributed by atoms with E-state index in [2.05, 4.69) is 10.3 Å². The predicted octanol–water partition coefficient (Wildman–Crippen LogP) is 2.20. The number of nitrogens with zero attached hydrogens (tertiary/aromatic N) is 1. The maximum absolute atomic E-state index is 11.8. The second kappa shape index (κ2) is 6.29. The van der Waals surface area contributed by atoms with E-state index in [9.17, 15) is 9.90 Å². The van der Waals surface area contributed by atoms with Crippen molar-refractivity contribution in [3.63, 3.8) is 0 Å². The zero-order valence-electron chi connectivity index (χ0n) is 10.9. The van der Waals surface area contributed by atoms with E-state index in [1.165, 1.54) is 6.21 Å². The molecule has 20 heavy (non-hydrogen) atoms. The van der Waals surface area contributed by atoms with E-state index in [0.717, 1.165) is 6.42 Å². The Labute approximate surface area is 121 Å². The molecule has 0 bridgehead atoms. The highest BCUT2D eigenvalue weighted by Gasteiger charge is 2.11. The number of hydrogen-bond acceptors (Lipinski definition) is 4. The summed E-state index contributed by atoms with van der Waals surface area (Å²) in [6, 6.07) is 6.75. The van der Waals surface area contributed by atoms with Crippen LogP contribution in [0.1, 0.15) is 18.9 Å². The molecule has 0 amide bonds. The van der Waals surface area contributed by atoms with Crippen molar-refractivity contribution >= 4 is 34.5 Å². The van der Waals surface area contributed by atoms with Crippen molar-refractivity contribution in [1.29, 1.82) is 0 Å². The first-order chi connectivity index (χ1) is 9.63. The molecule has 0 saturated heterocycles. The van der Waals surface area contributed by atoms with Crippen LogP contribution in [0.15, 0.2) is 38.5 Å². The van der Waals surface area contributed by atoms with Gasteiger partial charge in [0.25, 0.3) is 0 Å². The van der Waals surface area contributed by atoms with Crippen LogP contribution in [0.5, 0.6) is 5.75 Å². The molecule has 0 aliphatic carbocycles. The lowest BCUT2D eigenvalue weighted by Gasteiger charge is -2.03. The molecule has 0 fully saturated rings. The number of aliphatic imine (C=N–C) groups is 1. The number of rotatable bonds is 3. The van der Waals surface area contributed by atoms with Gasteiger partial charge in [-0.15, -0.1) is 0 Å². The molecule has 104 valence electrons. The molecule has 2 N–H and O–H groups in total. The minimum atomic E-state index is -0.650. The molecule has 2 rings (SSSR count). The van der Waals surface area contributed by atoms with Gasteiger partial charge in [-0.1, -0.05) is 19.1 Å². The van der Waals surface area contributed by atoms with Crippen LogP contribution in [0.3, 0.4) is 0 Å². The van der Waals surface area contributed by atoms with Gasteiger partial charge in [-0.2, -0.15) is 0 Å². The van der Waals surface area contributed by atoms with Crippen molar-refractivity contribution in [1.82, 2.24) is 5.32 Å². The molecule has 0 atom stereocenters. The Bertz CT molecular complexity index is 722. The first kappa shape index (κ1) is 14.2. The quantitative estimate of drug-likeness (QED) is 0.515. The first-order valence-electron chi connectivity index (χ1n) is 6.20. The number of thiocarbonyl (C=S) groups is 1. The summed E-state index contributed by atoms with van der Waals surface area (Å²) >= 11 is 4.98. The monoisotopic (exact) mass is 290 g/mol. The van der Waals surface area contributed by atoms with Gasteiger partial charge in [0.15, 0.2) is 5.11 Å². The van der Waals surface area contributed by atoms with Crippen LogP contribution < -0.4 is 10.9 Å². The average Bonchev–Trinajstić information content (AvgIpc) is 2.45. The molecule has 5 nitrogen and oxygen atoms in total. The average molecular weight is 290 g/mol. The Balaban J connectivity index is 2.37. The molecular formula is C14H14N2O3S. The molecular weight excluding hydrogens is 276 g/mol. The van der Waals surface area contributed by atoms with E-state index in [1.54, 1.807) is 24.3 Å². The topological polar surface area (TPSA) is 74.8 Å². The van der Waals surface area contributed by atoms with E-state index in [0.29, 0.717) is 17.5 Å². The van der Waals surface area contributed by atoms with Gasteiger partial charge in [-0.3, -0.25) is 0 Å². The largest absolute Gasteiger partial charge is 0.506 e. The minimum Gasteiger partial charge on any atom is -0.506 e. The van der Waals surface area contributed by atoms with Crippen LogP contribution in [0, 0.1) is 0 Å². The molecule has 0 spiro atoms. The Hall–Kier alpha value is -2.21. The van der Waals surface area contributed by atoms with Crippen molar-refractivity contribution in [2.75, 3.05) is 6.54 Å². The lowest BCUT2D eigenvalue weighted by Crippen LogP contribution is -2.20. The van der Waals surface area contributed by atoms with Crippen LogP contribution >= 0.6 is 12.2 Å². The zero-order chi connectivity index (χ0) is 14.5. The highest BCUT2D eigenvalue weighted by molar-refractivity contribution is 7.80.